The third-order valence-corrected chi connectivity index (χ3v) is 15.2. The molecule has 3 aliphatic carbocycles. The van der Waals surface area contributed by atoms with Crippen LogP contribution in [0.25, 0.3) is 0 Å². The molecule has 0 radical (unpaired) electrons. The zero-order chi connectivity index (χ0) is 53.4. The van der Waals surface area contributed by atoms with Crippen molar-refractivity contribution in [3.8, 4) is 0 Å². The maximum absolute atomic E-state index is 15.8. The average Bonchev–Trinajstić information content (AvgIpc) is 3.33. The van der Waals surface area contributed by atoms with Gasteiger partial charge in [-0.15, -0.1) is 0 Å². The highest BCUT2D eigenvalue weighted by molar-refractivity contribution is 5.96. The van der Waals surface area contributed by atoms with Gasteiger partial charge >= 0.3 is 29.8 Å². The third kappa shape index (κ3) is 10.2. The van der Waals surface area contributed by atoms with E-state index in [-0.39, 0.29) is 53.5 Å². The van der Waals surface area contributed by atoms with Crippen molar-refractivity contribution >= 4 is 47.3 Å². The number of ether oxygens (including phenoxy) is 6. The minimum Gasteiger partial charge on any atom is -0.455 e. The predicted octanol–water partition coefficient (Wildman–Crippen LogP) is 4.44. The molecule has 0 spiro atoms. The number of aliphatic hydroxyl groups is 2. The van der Waals surface area contributed by atoms with Gasteiger partial charge < -0.3 is 44.0 Å². The fourth-order valence-electron chi connectivity index (χ4n) is 11.2. The van der Waals surface area contributed by atoms with E-state index >= 15 is 9.59 Å². The molecule has 3 fully saturated rings. The molecule has 390 valence electrons. The number of amides is 1. The first-order valence-electron chi connectivity index (χ1n) is 24.3. The topological polar surface area (TPSA) is 248 Å². The Hall–Kier alpha value is -6.60. The summed E-state index contributed by atoms with van der Waals surface area (Å²) >= 11 is 0. The van der Waals surface area contributed by atoms with Gasteiger partial charge in [-0.25, -0.2) is 9.59 Å². The molecule has 3 aromatic rings. The van der Waals surface area contributed by atoms with Crippen LogP contribution in [0.4, 0.5) is 0 Å². The molecule has 2 saturated carbocycles. The van der Waals surface area contributed by atoms with Crippen LogP contribution in [0.2, 0.25) is 0 Å². The standard InChI is InChI=1S/C55H64N2O16/c1-30(2)37(60)27-57(9)28-41(62)71-45(43(34-19-13-10-14-20-34)56-49(64)35-21-15-11-16-22-35)51(66)70-38-26-55(67)48(72-50(65)36-23-17-12-18-24-36)46-53(8,39(61)25-40-54(46,29-68-40)73-33(5)59)47(63)44(69-32(4)58)42(31(38)3)52(55,6)7/h10-24,30,38-40,43-46,48,61,67H,25-29H2,1-9H3,(H,56,64)/t38-,39-,40+,43-,44+,45+,46-,48-,53+,54-,55+/m0/s1. The summed E-state index contributed by atoms with van der Waals surface area (Å²) in [6.07, 6.45) is -10.9. The maximum Gasteiger partial charge on any atom is 0.350 e. The molecule has 73 heavy (non-hydrogen) atoms. The Bertz CT molecular complexity index is 2660. The second kappa shape index (κ2) is 21.1. The second-order valence-corrected chi connectivity index (χ2v) is 20.6. The van der Waals surface area contributed by atoms with Gasteiger partial charge in [0.1, 0.15) is 35.7 Å². The number of likely N-dealkylation sites (N-methyl/N-ethyl adjacent to an activating group) is 1. The monoisotopic (exact) mass is 1010 g/mol. The number of fused-ring (bicyclic) bond motifs is 5. The molecule has 3 N–H and O–H groups in total. The normalized spacial score (nSPS) is 28.9. The van der Waals surface area contributed by atoms with Gasteiger partial charge in [-0.1, -0.05) is 94.4 Å². The van der Waals surface area contributed by atoms with E-state index in [9.17, 15) is 39.0 Å². The van der Waals surface area contributed by atoms with Crippen molar-refractivity contribution in [2.24, 2.45) is 22.7 Å². The van der Waals surface area contributed by atoms with Crippen molar-refractivity contribution in [2.45, 2.75) is 122 Å². The minimum atomic E-state index is -2.48. The predicted molar refractivity (Wildman–Crippen MR) is 259 cm³/mol. The van der Waals surface area contributed by atoms with Crippen molar-refractivity contribution in [2.75, 3.05) is 26.7 Å². The molecule has 18 nitrogen and oxygen atoms in total. The van der Waals surface area contributed by atoms with Gasteiger partial charge in [-0.05, 0) is 61.9 Å². The maximum atomic E-state index is 15.8. The first-order chi connectivity index (χ1) is 34.4. The Morgan fingerprint density at radius 3 is 1.96 bits per heavy atom. The van der Waals surface area contributed by atoms with Crippen LogP contribution in [0.1, 0.15) is 101 Å². The van der Waals surface area contributed by atoms with Crippen LogP contribution >= 0.6 is 0 Å². The van der Waals surface area contributed by atoms with E-state index < -0.39 is 125 Å². The third-order valence-electron chi connectivity index (χ3n) is 15.2. The molecule has 0 unspecified atom stereocenters. The lowest BCUT2D eigenvalue weighted by Crippen LogP contribution is -2.82. The molecule has 1 saturated heterocycles. The molecule has 11 atom stereocenters. The number of nitrogens with one attached hydrogen (secondary N) is 1. The van der Waals surface area contributed by atoms with Gasteiger partial charge in [0, 0.05) is 43.6 Å². The zero-order valence-electron chi connectivity index (χ0n) is 42.4. The molecule has 1 heterocycles. The number of hydrogen-bond acceptors (Lipinski definition) is 17. The van der Waals surface area contributed by atoms with E-state index in [0.29, 0.717) is 5.56 Å². The Morgan fingerprint density at radius 2 is 1.41 bits per heavy atom. The highest BCUT2D eigenvalue weighted by Crippen LogP contribution is 2.64. The molecule has 1 aliphatic heterocycles. The SMILES string of the molecule is CC(=O)O[C@H]1C(=O)[C@@]2(C)[C@H]([C@H](OC(=O)c3ccccc3)[C@]3(O)C[C@H](OC(=O)[C@H](OC(=O)CN(C)CC(=O)C(C)C)[C@@H](NC(=O)c4ccccc4)c4ccccc4)C(C)=C1C3(C)C)[C@]1(OC(C)=O)CO[C@@H]1C[C@@H]2O. The lowest BCUT2D eigenvalue weighted by Gasteiger charge is -2.67. The molecule has 1 amide bonds. The summed E-state index contributed by atoms with van der Waals surface area (Å²) in [5.41, 5.74) is -7.55. The summed E-state index contributed by atoms with van der Waals surface area (Å²) in [6.45, 7) is 10.7. The van der Waals surface area contributed by atoms with Gasteiger partial charge in [-0.3, -0.25) is 33.7 Å². The highest BCUT2D eigenvalue weighted by Gasteiger charge is 2.78. The van der Waals surface area contributed by atoms with Gasteiger partial charge in [0.2, 0.25) is 6.10 Å². The number of ketones is 2. The molecule has 18 heteroatoms. The van der Waals surface area contributed by atoms with Crippen LogP contribution in [0.5, 0.6) is 0 Å². The minimum absolute atomic E-state index is 0.0372. The molecule has 0 aromatic heterocycles. The summed E-state index contributed by atoms with van der Waals surface area (Å²) in [5, 5.41) is 29.0. The largest absolute Gasteiger partial charge is 0.455 e. The van der Waals surface area contributed by atoms with Crippen LogP contribution in [-0.2, 0) is 57.2 Å². The number of benzene rings is 3. The van der Waals surface area contributed by atoms with Crippen molar-refractivity contribution in [3.63, 3.8) is 0 Å². The number of nitrogens with zero attached hydrogens (tertiary/aromatic N) is 1. The number of aliphatic hydroxyl groups excluding tert-OH is 1. The van der Waals surface area contributed by atoms with Crippen LogP contribution in [0.3, 0.4) is 0 Å². The zero-order valence-corrected chi connectivity index (χ0v) is 42.4. The van der Waals surface area contributed by atoms with E-state index in [1.165, 1.54) is 37.9 Å². The lowest BCUT2D eigenvalue weighted by molar-refractivity contribution is -0.346. The summed E-state index contributed by atoms with van der Waals surface area (Å²) in [7, 11) is 1.52. The van der Waals surface area contributed by atoms with E-state index in [2.05, 4.69) is 5.32 Å². The lowest BCUT2D eigenvalue weighted by atomic mass is 9.44. The van der Waals surface area contributed by atoms with Gasteiger partial charge in [0.15, 0.2) is 17.5 Å². The number of carbonyl (C=O) groups excluding carboxylic acids is 8. The fraction of sp³-hybridized carbons (Fsp3) is 0.491. The van der Waals surface area contributed by atoms with Crippen LogP contribution in [0, 0.1) is 22.7 Å². The van der Waals surface area contributed by atoms with Crippen LogP contribution in [-0.4, -0.2) is 137 Å². The summed E-state index contributed by atoms with van der Waals surface area (Å²) in [5.74, 6) is -8.60. The van der Waals surface area contributed by atoms with E-state index in [1.54, 1.807) is 107 Å². The smallest absolute Gasteiger partial charge is 0.350 e. The molecule has 4 aliphatic rings. The molecular formula is C55H64N2O16. The first kappa shape index (κ1) is 54.2. The summed E-state index contributed by atoms with van der Waals surface area (Å²) in [6, 6.07) is 22.6. The van der Waals surface area contributed by atoms with Crippen molar-refractivity contribution in [1.29, 1.82) is 0 Å². The average molecular weight is 1010 g/mol. The number of hydrogen-bond donors (Lipinski definition) is 3. The molecule has 2 bridgehead atoms. The van der Waals surface area contributed by atoms with Crippen molar-refractivity contribution < 1.29 is 77.0 Å². The Balaban J connectivity index is 1.41. The quantitative estimate of drug-likeness (QED) is 0.102. The van der Waals surface area contributed by atoms with Crippen molar-refractivity contribution in [3.05, 3.63) is 119 Å². The van der Waals surface area contributed by atoms with E-state index in [1.807, 2.05) is 0 Å². The molecular weight excluding hydrogens is 945 g/mol. The number of rotatable bonds is 16. The van der Waals surface area contributed by atoms with E-state index in [4.69, 9.17) is 28.4 Å². The highest BCUT2D eigenvalue weighted by atomic mass is 16.6. The van der Waals surface area contributed by atoms with Gasteiger partial charge in [0.05, 0.1) is 42.7 Å². The second-order valence-electron chi connectivity index (χ2n) is 20.6. The van der Waals surface area contributed by atoms with Crippen molar-refractivity contribution in [1.82, 2.24) is 10.2 Å². The number of Topliss-reactive ketones (excluding diaryl/α,β-unsaturated/α-hetero) is 2. The summed E-state index contributed by atoms with van der Waals surface area (Å²) < 4.78 is 36.9. The fourth-order valence-corrected chi connectivity index (χ4v) is 11.2. The Kier molecular flexibility index (Phi) is 15.7. The van der Waals surface area contributed by atoms with Gasteiger partial charge in [-0.2, -0.15) is 0 Å². The molecule has 7 rings (SSSR count). The Morgan fingerprint density at radius 1 is 0.822 bits per heavy atom. The van der Waals surface area contributed by atoms with Gasteiger partial charge in [0.25, 0.3) is 5.91 Å². The summed E-state index contributed by atoms with van der Waals surface area (Å²) in [4.78, 5) is 114. The van der Waals surface area contributed by atoms with Crippen LogP contribution in [0.15, 0.2) is 102 Å². The van der Waals surface area contributed by atoms with Crippen LogP contribution < -0.4 is 5.32 Å². The Labute approximate surface area is 423 Å². The first-order valence-corrected chi connectivity index (χ1v) is 24.3. The molecule has 3 aromatic carbocycles. The number of esters is 5. The number of carbonyl (C=O) groups is 8. The van der Waals surface area contributed by atoms with E-state index in [0.717, 1.165) is 13.8 Å².